The number of unbranched alkanes of at least 4 members (excludes halogenated alkanes) is 3. The molecular weight excluding hydrogens is 254 g/mol. The van der Waals surface area contributed by atoms with Crippen molar-refractivity contribution in [2.45, 2.75) is 45.4 Å². The molecule has 0 atom stereocenters. The molecule has 0 aromatic heterocycles. The third-order valence-corrected chi connectivity index (χ3v) is 2.84. The number of benzene rings is 1. The van der Waals surface area contributed by atoms with E-state index in [1.54, 1.807) is 31.2 Å². The van der Waals surface area contributed by atoms with Gasteiger partial charge in [0.1, 0.15) is 0 Å². The van der Waals surface area contributed by atoms with Crippen LogP contribution >= 0.6 is 0 Å². The van der Waals surface area contributed by atoms with Gasteiger partial charge in [0.05, 0.1) is 7.98 Å². The highest BCUT2D eigenvalue weighted by Crippen LogP contribution is 2.09. The Morgan fingerprint density at radius 2 is 1.80 bits per heavy atom. The normalized spacial score (nSPS) is 10.8. The Labute approximate surface area is 121 Å². The first-order chi connectivity index (χ1) is 10.1. The van der Waals surface area contributed by atoms with Crippen molar-refractivity contribution in [2.75, 3.05) is 11.9 Å². The summed E-state index contributed by atoms with van der Waals surface area (Å²) < 4.78 is 12.2. The van der Waals surface area contributed by atoms with Crippen LogP contribution in [0.2, 0.25) is 0 Å². The van der Waals surface area contributed by atoms with E-state index in [0.29, 0.717) is 25.5 Å². The molecule has 0 radical (unpaired) electrons. The molecule has 0 heterocycles. The zero-order valence-electron chi connectivity index (χ0n) is 13.0. The van der Waals surface area contributed by atoms with Crippen LogP contribution in [-0.4, -0.2) is 18.5 Å². The summed E-state index contributed by atoms with van der Waals surface area (Å²) in [6, 6.07) is 7.16. The topological polar surface area (TPSA) is 55.4 Å². The van der Waals surface area contributed by atoms with E-state index in [0.717, 1.165) is 31.4 Å². The molecule has 0 saturated heterocycles. The molecule has 1 rings (SSSR count). The fourth-order valence-corrected chi connectivity index (χ4v) is 1.84. The Hall–Kier alpha value is -1.84. The van der Waals surface area contributed by atoms with E-state index in [1.165, 1.54) is 0 Å². The second kappa shape index (κ2) is 10.0. The summed E-state index contributed by atoms with van der Waals surface area (Å²) in [7, 11) is 0. The van der Waals surface area contributed by atoms with Gasteiger partial charge in [0.25, 0.3) is 0 Å². The maximum Gasteiger partial charge on any atom is 0.305 e. The largest absolute Gasteiger partial charge is 0.466 e. The Bertz CT molecular complexity index is 445. The Morgan fingerprint density at radius 1 is 1.15 bits per heavy atom. The van der Waals surface area contributed by atoms with Crippen molar-refractivity contribution in [3.8, 4) is 0 Å². The predicted octanol–water partition coefficient (Wildman–Crippen LogP) is 3.53. The van der Waals surface area contributed by atoms with Gasteiger partial charge in [0.2, 0.25) is 5.91 Å². The molecule has 0 unspecified atom stereocenters. The van der Waals surface area contributed by atoms with Crippen LogP contribution in [-0.2, 0) is 14.3 Å². The maximum atomic E-state index is 11.7. The summed E-state index contributed by atoms with van der Waals surface area (Å²) >= 11 is 0. The minimum absolute atomic E-state index is 0.0156. The van der Waals surface area contributed by atoms with E-state index in [2.05, 4.69) is 5.32 Å². The second-order valence-electron chi connectivity index (χ2n) is 4.56. The molecule has 4 nitrogen and oxygen atoms in total. The summed E-state index contributed by atoms with van der Waals surface area (Å²) in [6.45, 7) is 2.23. The minimum Gasteiger partial charge on any atom is -0.466 e. The average Bonchev–Trinajstić information content (AvgIpc) is 2.45. The number of ether oxygens (including phenoxy) is 1. The third-order valence-electron chi connectivity index (χ3n) is 2.84. The van der Waals surface area contributed by atoms with Crippen molar-refractivity contribution in [1.29, 1.82) is 0 Å². The van der Waals surface area contributed by atoms with Crippen molar-refractivity contribution >= 4 is 17.6 Å². The van der Waals surface area contributed by atoms with Gasteiger partial charge < -0.3 is 10.1 Å². The number of hydrogen-bond acceptors (Lipinski definition) is 3. The van der Waals surface area contributed by atoms with Crippen LogP contribution < -0.4 is 5.32 Å². The predicted molar refractivity (Wildman–Crippen MR) is 79.4 cm³/mol. The molecule has 1 aromatic rings. The molecule has 1 N–H and O–H groups in total. The molecule has 0 aliphatic heterocycles. The smallest absolute Gasteiger partial charge is 0.305 e. The maximum absolute atomic E-state index is 11.7. The number of carbonyl (C=O) groups is 2. The number of hydrogen-bond donors (Lipinski definition) is 1. The quantitative estimate of drug-likeness (QED) is 0.555. The third kappa shape index (κ3) is 7.56. The van der Waals surface area contributed by atoms with Crippen LogP contribution in [0.3, 0.4) is 0 Å². The summed E-state index contributed by atoms with van der Waals surface area (Å²) in [6.07, 6.45) is 4.41. The number of anilines is 1. The van der Waals surface area contributed by atoms with Gasteiger partial charge in [-0.05, 0) is 31.9 Å². The highest BCUT2D eigenvalue weighted by atomic mass is 16.5. The summed E-state index contributed by atoms with van der Waals surface area (Å²) in [5, 5.41) is 2.80. The number of rotatable bonds is 9. The van der Waals surface area contributed by atoms with E-state index < -0.39 is 0 Å². The fourth-order valence-electron chi connectivity index (χ4n) is 1.84. The zero-order chi connectivity index (χ0) is 15.5. The lowest BCUT2D eigenvalue weighted by molar-refractivity contribution is -0.143. The van der Waals surface area contributed by atoms with Crippen LogP contribution in [0.1, 0.15) is 46.8 Å². The minimum atomic E-state index is -0.145. The summed E-state index contributed by atoms with van der Waals surface area (Å²) in [5.41, 5.74) is 0.721. The number of amides is 1. The summed E-state index contributed by atoms with van der Waals surface area (Å²) in [5.74, 6) is -0.161. The van der Waals surface area contributed by atoms with Crippen molar-refractivity contribution in [1.82, 2.24) is 0 Å². The molecule has 0 saturated carbocycles. The van der Waals surface area contributed by atoms with Crippen molar-refractivity contribution in [2.24, 2.45) is 0 Å². The lowest BCUT2D eigenvalue weighted by atomic mass is 10.1. The lowest BCUT2D eigenvalue weighted by Crippen LogP contribution is -2.10. The van der Waals surface area contributed by atoms with Crippen molar-refractivity contribution < 1.29 is 15.7 Å². The molecule has 4 heteroatoms. The van der Waals surface area contributed by atoms with Gasteiger partial charge >= 0.3 is 5.97 Å². The van der Waals surface area contributed by atoms with Crippen LogP contribution in [0.25, 0.3) is 0 Å². The van der Waals surface area contributed by atoms with E-state index in [1.807, 2.05) is 0 Å². The molecule has 0 bridgehead atoms. The Balaban J connectivity index is 2.06. The van der Waals surface area contributed by atoms with Crippen LogP contribution in [0, 0.1) is 0 Å². The first-order valence-electron chi connectivity index (χ1n) is 7.64. The van der Waals surface area contributed by atoms with Crippen molar-refractivity contribution in [3.63, 3.8) is 0 Å². The first-order valence-corrected chi connectivity index (χ1v) is 7.14. The van der Waals surface area contributed by atoms with E-state index >= 15 is 0 Å². The molecule has 1 aromatic carbocycles. The zero-order valence-corrected chi connectivity index (χ0v) is 12.0. The van der Waals surface area contributed by atoms with Gasteiger partial charge in [-0.25, -0.2) is 0 Å². The number of nitrogens with one attached hydrogen (secondary N) is 1. The Morgan fingerprint density at radius 3 is 2.45 bits per heavy atom. The fraction of sp³-hybridized carbons (Fsp3) is 0.500. The van der Waals surface area contributed by atoms with Gasteiger partial charge in [-0.3, -0.25) is 9.59 Å². The van der Waals surface area contributed by atoms with Crippen LogP contribution in [0.4, 0.5) is 5.69 Å². The number of carbonyl (C=O) groups excluding carboxylic acids is 2. The molecule has 0 aliphatic carbocycles. The van der Waals surface area contributed by atoms with Gasteiger partial charge in [0.15, 0.2) is 0 Å². The van der Waals surface area contributed by atoms with E-state index in [4.69, 9.17) is 6.11 Å². The number of esters is 1. The summed E-state index contributed by atoms with van der Waals surface area (Å²) in [4.78, 5) is 22.8. The molecule has 20 heavy (non-hydrogen) atoms. The molecular formula is C16H23NO3. The van der Waals surface area contributed by atoms with Crippen LogP contribution in [0.5, 0.6) is 0 Å². The van der Waals surface area contributed by atoms with E-state index in [9.17, 15) is 9.59 Å². The lowest BCUT2D eigenvalue weighted by Gasteiger charge is -2.05. The highest BCUT2D eigenvalue weighted by Gasteiger charge is 2.03. The van der Waals surface area contributed by atoms with Gasteiger partial charge in [0, 0.05) is 18.5 Å². The standard InChI is InChI=1S/C16H23NO3/c1-2-20-16(19)13-9-4-3-8-12-15(18)17-14-10-6-5-7-11-14/h5-7,10-11H,2-4,8-9,12-13H2,1H3,(H,17,18)/i5T. The Kier molecular flexibility index (Phi) is 7.29. The van der Waals surface area contributed by atoms with Crippen molar-refractivity contribution in [3.05, 3.63) is 30.3 Å². The second-order valence-corrected chi connectivity index (χ2v) is 4.56. The average molecular weight is 279 g/mol. The molecule has 0 spiro atoms. The van der Waals surface area contributed by atoms with E-state index in [-0.39, 0.29) is 11.9 Å². The van der Waals surface area contributed by atoms with Crippen LogP contribution in [0.15, 0.2) is 30.3 Å². The number of para-hydroxylation sites is 1. The molecule has 0 fully saturated rings. The molecule has 0 aliphatic rings. The first kappa shape index (κ1) is 14.6. The van der Waals surface area contributed by atoms with Gasteiger partial charge in [-0.15, -0.1) is 0 Å². The highest BCUT2D eigenvalue weighted by molar-refractivity contribution is 5.90. The van der Waals surface area contributed by atoms with Gasteiger partial charge in [-0.2, -0.15) is 0 Å². The monoisotopic (exact) mass is 279 g/mol. The SMILES string of the molecule is [3H]c1ccc(NC(=O)CCCCCCC(=O)OCC)cc1. The van der Waals surface area contributed by atoms with Gasteiger partial charge in [-0.1, -0.05) is 31.0 Å². The molecule has 1 amide bonds. The molecule has 110 valence electrons.